The van der Waals surface area contributed by atoms with Crippen molar-refractivity contribution in [2.45, 2.75) is 33.2 Å². The predicted octanol–water partition coefficient (Wildman–Crippen LogP) is 3.80. The summed E-state index contributed by atoms with van der Waals surface area (Å²) in [7, 11) is 0. The van der Waals surface area contributed by atoms with Gasteiger partial charge >= 0.3 is 0 Å². The summed E-state index contributed by atoms with van der Waals surface area (Å²) in [5.74, 6) is 0.875. The van der Waals surface area contributed by atoms with Crippen molar-refractivity contribution in [1.29, 1.82) is 0 Å². The molecule has 154 valence electrons. The fourth-order valence-electron chi connectivity index (χ4n) is 3.75. The van der Waals surface area contributed by atoms with Gasteiger partial charge in [0.25, 0.3) is 0 Å². The number of rotatable bonds is 8. The van der Waals surface area contributed by atoms with Gasteiger partial charge in [-0.05, 0) is 36.1 Å². The van der Waals surface area contributed by atoms with Crippen LogP contribution in [0.25, 0.3) is 0 Å². The van der Waals surface area contributed by atoms with Crippen molar-refractivity contribution in [3.63, 3.8) is 0 Å². The minimum absolute atomic E-state index is 0.0659. The van der Waals surface area contributed by atoms with Crippen LogP contribution in [0, 0.1) is 11.8 Å². The molecular weight excluding hydrogens is 364 g/mol. The third-order valence-electron chi connectivity index (χ3n) is 5.11. The number of hydrogen-bond acceptors (Lipinski definition) is 3. The van der Waals surface area contributed by atoms with Gasteiger partial charge in [-0.25, -0.2) is 0 Å². The third kappa shape index (κ3) is 5.37. The van der Waals surface area contributed by atoms with E-state index < -0.39 is 0 Å². The van der Waals surface area contributed by atoms with Gasteiger partial charge < -0.3 is 15.0 Å². The molecule has 0 bridgehead atoms. The molecule has 29 heavy (non-hydrogen) atoms. The molecule has 2 atom stereocenters. The molecule has 2 unspecified atom stereocenters. The van der Waals surface area contributed by atoms with Gasteiger partial charge in [0.2, 0.25) is 11.8 Å². The molecule has 1 N–H and O–H groups in total. The van der Waals surface area contributed by atoms with Crippen LogP contribution in [0.1, 0.15) is 44.4 Å². The van der Waals surface area contributed by atoms with Gasteiger partial charge in [0.1, 0.15) is 5.75 Å². The third-order valence-corrected chi connectivity index (χ3v) is 5.11. The van der Waals surface area contributed by atoms with Crippen molar-refractivity contribution < 1.29 is 14.3 Å². The number of ether oxygens (including phenoxy) is 1. The maximum Gasteiger partial charge on any atom is 0.226 e. The molecular formula is C24H30N2O3. The van der Waals surface area contributed by atoms with Crippen LogP contribution in [0.2, 0.25) is 0 Å². The van der Waals surface area contributed by atoms with Gasteiger partial charge in [-0.2, -0.15) is 0 Å². The molecule has 2 aromatic rings. The van der Waals surface area contributed by atoms with Crippen LogP contribution >= 0.6 is 0 Å². The second-order valence-corrected chi connectivity index (χ2v) is 7.95. The van der Waals surface area contributed by atoms with E-state index >= 15 is 0 Å². The zero-order valence-corrected chi connectivity index (χ0v) is 17.4. The zero-order valence-electron chi connectivity index (χ0n) is 17.4. The minimum Gasteiger partial charge on any atom is -0.494 e. The normalized spacial score (nSPS) is 17.4. The highest BCUT2D eigenvalue weighted by Gasteiger charge is 2.35. The lowest BCUT2D eigenvalue weighted by molar-refractivity contribution is -0.129. The van der Waals surface area contributed by atoms with Gasteiger partial charge in [-0.3, -0.25) is 9.59 Å². The first kappa shape index (κ1) is 20.9. The Hall–Kier alpha value is -2.82. The molecule has 0 aromatic heterocycles. The fraction of sp³-hybridized carbons (Fsp3) is 0.417. The van der Waals surface area contributed by atoms with E-state index in [9.17, 15) is 9.59 Å². The van der Waals surface area contributed by atoms with Gasteiger partial charge in [0, 0.05) is 19.5 Å². The van der Waals surface area contributed by atoms with Crippen molar-refractivity contribution >= 4 is 11.8 Å². The Morgan fingerprint density at radius 1 is 1.10 bits per heavy atom. The lowest BCUT2D eigenvalue weighted by atomic mass is 9.97. The number of nitrogens with one attached hydrogen (secondary N) is 1. The Kier molecular flexibility index (Phi) is 6.91. The van der Waals surface area contributed by atoms with Crippen LogP contribution in [-0.4, -0.2) is 36.4 Å². The van der Waals surface area contributed by atoms with E-state index in [4.69, 9.17) is 4.74 Å². The smallest absolute Gasteiger partial charge is 0.226 e. The number of carbonyl (C=O) groups is 2. The first-order valence-corrected chi connectivity index (χ1v) is 10.3. The van der Waals surface area contributed by atoms with E-state index in [1.807, 2.05) is 66.4 Å². The largest absolute Gasteiger partial charge is 0.494 e. The summed E-state index contributed by atoms with van der Waals surface area (Å²) >= 11 is 0. The van der Waals surface area contributed by atoms with Crippen LogP contribution in [0.5, 0.6) is 5.75 Å². The standard InChI is InChI=1S/C24H30N2O3/c1-4-29-21-12-10-19(11-13-21)23(18-8-6-5-7-9-18)25-24(28)20-14-22(27)26(16-20)15-17(2)3/h5-13,17,20,23H,4,14-16H2,1-3H3,(H,25,28). The summed E-state index contributed by atoms with van der Waals surface area (Å²) in [5.41, 5.74) is 1.99. The Morgan fingerprint density at radius 2 is 1.76 bits per heavy atom. The van der Waals surface area contributed by atoms with Crippen LogP contribution in [-0.2, 0) is 9.59 Å². The highest BCUT2D eigenvalue weighted by Crippen LogP contribution is 2.26. The molecule has 0 aliphatic carbocycles. The molecule has 0 saturated carbocycles. The summed E-state index contributed by atoms with van der Waals surface area (Å²) in [6, 6.07) is 17.4. The van der Waals surface area contributed by atoms with Gasteiger partial charge in [0.15, 0.2) is 0 Å². The van der Waals surface area contributed by atoms with Crippen molar-refractivity contribution in [1.82, 2.24) is 10.2 Å². The molecule has 5 nitrogen and oxygen atoms in total. The second kappa shape index (κ2) is 9.59. The maximum absolute atomic E-state index is 13.0. The number of amides is 2. The summed E-state index contributed by atoms with van der Waals surface area (Å²) in [6.45, 7) is 7.92. The van der Waals surface area contributed by atoms with Crippen molar-refractivity contribution in [3.8, 4) is 5.75 Å². The topological polar surface area (TPSA) is 58.6 Å². The van der Waals surface area contributed by atoms with Gasteiger partial charge in [-0.1, -0.05) is 56.3 Å². The predicted molar refractivity (Wildman–Crippen MR) is 114 cm³/mol. The lowest BCUT2D eigenvalue weighted by Crippen LogP contribution is -2.36. The SMILES string of the molecule is CCOc1ccc(C(NC(=O)C2CC(=O)N(CC(C)C)C2)c2ccccc2)cc1. The van der Waals surface area contributed by atoms with Crippen molar-refractivity contribution in [3.05, 3.63) is 65.7 Å². The van der Waals surface area contributed by atoms with Crippen molar-refractivity contribution in [2.24, 2.45) is 11.8 Å². The highest BCUT2D eigenvalue weighted by molar-refractivity contribution is 5.89. The average Bonchev–Trinajstić information content (AvgIpc) is 3.07. The summed E-state index contributed by atoms with van der Waals surface area (Å²) in [4.78, 5) is 27.1. The molecule has 2 amide bonds. The Labute approximate surface area is 173 Å². The highest BCUT2D eigenvalue weighted by atomic mass is 16.5. The Morgan fingerprint density at radius 3 is 2.38 bits per heavy atom. The van der Waals surface area contributed by atoms with E-state index in [0.29, 0.717) is 25.6 Å². The maximum atomic E-state index is 13.0. The van der Waals surface area contributed by atoms with E-state index in [-0.39, 0.29) is 30.2 Å². The second-order valence-electron chi connectivity index (χ2n) is 7.95. The molecule has 1 fully saturated rings. The quantitative estimate of drug-likeness (QED) is 0.741. The van der Waals surface area contributed by atoms with E-state index in [1.165, 1.54) is 0 Å². The first-order chi connectivity index (χ1) is 14.0. The van der Waals surface area contributed by atoms with Crippen LogP contribution in [0.15, 0.2) is 54.6 Å². The Balaban J connectivity index is 1.77. The zero-order chi connectivity index (χ0) is 20.8. The molecule has 0 radical (unpaired) electrons. The van der Waals surface area contributed by atoms with Crippen LogP contribution in [0.4, 0.5) is 0 Å². The number of benzene rings is 2. The van der Waals surface area contributed by atoms with Crippen LogP contribution in [0.3, 0.4) is 0 Å². The lowest BCUT2D eigenvalue weighted by Gasteiger charge is -2.23. The molecule has 5 heteroatoms. The van der Waals surface area contributed by atoms with E-state index in [2.05, 4.69) is 19.2 Å². The molecule has 2 aromatic carbocycles. The molecule has 1 aliphatic heterocycles. The fourth-order valence-corrected chi connectivity index (χ4v) is 3.75. The summed E-state index contributed by atoms with van der Waals surface area (Å²) in [5, 5.41) is 3.18. The first-order valence-electron chi connectivity index (χ1n) is 10.3. The molecule has 3 rings (SSSR count). The summed E-state index contributed by atoms with van der Waals surface area (Å²) < 4.78 is 5.53. The van der Waals surface area contributed by atoms with Crippen molar-refractivity contribution in [2.75, 3.05) is 19.7 Å². The molecule has 1 saturated heterocycles. The number of hydrogen-bond donors (Lipinski definition) is 1. The summed E-state index contributed by atoms with van der Waals surface area (Å²) in [6.07, 6.45) is 0.281. The van der Waals surface area contributed by atoms with Gasteiger partial charge in [-0.15, -0.1) is 0 Å². The number of nitrogens with zero attached hydrogens (tertiary/aromatic N) is 1. The van der Waals surface area contributed by atoms with Gasteiger partial charge in [0.05, 0.1) is 18.6 Å². The minimum atomic E-state index is -0.310. The molecule has 1 aliphatic rings. The Bertz CT molecular complexity index is 818. The number of likely N-dealkylation sites (tertiary alicyclic amines) is 1. The van der Waals surface area contributed by atoms with E-state index in [0.717, 1.165) is 16.9 Å². The average molecular weight is 395 g/mol. The molecule has 0 spiro atoms. The number of carbonyl (C=O) groups excluding carboxylic acids is 2. The van der Waals surface area contributed by atoms with E-state index in [1.54, 1.807) is 0 Å². The molecule has 1 heterocycles. The monoisotopic (exact) mass is 394 g/mol. The van der Waals surface area contributed by atoms with Crippen LogP contribution < -0.4 is 10.1 Å².